The van der Waals surface area contributed by atoms with E-state index in [2.05, 4.69) is 30.9 Å². The summed E-state index contributed by atoms with van der Waals surface area (Å²) in [5.41, 5.74) is 1.76. The Bertz CT molecular complexity index is 1090. The van der Waals surface area contributed by atoms with Crippen LogP contribution in [-0.4, -0.2) is 46.3 Å². The average molecular weight is 434 g/mol. The van der Waals surface area contributed by atoms with Crippen molar-refractivity contribution in [2.45, 2.75) is 13.1 Å². The van der Waals surface area contributed by atoms with Crippen LogP contribution in [0.1, 0.15) is 32.1 Å². The van der Waals surface area contributed by atoms with Gasteiger partial charge in [-0.05, 0) is 35.4 Å². The van der Waals surface area contributed by atoms with Gasteiger partial charge in [-0.15, -0.1) is 0 Å². The molecule has 0 radical (unpaired) electrons. The molecule has 164 valence electrons. The predicted octanol–water partition coefficient (Wildman–Crippen LogP) is 0.856. The van der Waals surface area contributed by atoms with Crippen LogP contribution in [0.4, 0.5) is 0 Å². The number of nitrogens with zero attached hydrogens (tertiary/aromatic N) is 3. The van der Waals surface area contributed by atoms with Crippen molar-refractivity contribution in [3.63, 3.8) is 0 Å². The Morgan fingerprint density at radius 1 is 0.844 bits per heavy atom. The highest BCUT2D eigenvalue weighted by molar-refractivity contribution is 5.98. The molecule has 3 aromatic rings. The summed E-state index contributed by atoms with van der Waals surface area (Å²) < 4.78 is 5.16. The van der Waals surface area contributed by atoms with E-state index >= 15 is 0 Å². The number of pyridine rings is 1. The molecule has 10 heteroatoms. The molecule has 3 rings (SSSR count). The number of hydrogen-bond acceptors (Lipinski definition) is 7. The molecule has 0 aliphatic rings. The first-order valence-electron chi connectivity index (χ1n) is 9.72. The van der Waals surface area contributed by atoms with Gasteiger partial charge in [-0.25, -0.2) is 9.97 Å². The molecular weight excluding hydrogens is 412 g/mol. The summed E-state index contributed by atoms with van der Waals surface area (Å²) in [6, 6.07) is 12.1. The van der Waals surface area contributed by atoms with Crippen molar-refractivity contribution in [2.75, 3.05) is 13.7 Å². The van der Waals surface area contributed by atoms with Crippen molar-refractivity contribution in [1.82, 2.24) is 30.9 Å². The van der Waals surface area contributed by atoms with E-state index in [0.29, 0.717) is 12.3 Å². The van der Waals surface area contributed by atoms with Crippen LogP contribution in [0.15, 0.2) is 61.2 Å². The van der Waals surface area contributed by atoms with E-state index in [1.165, 1.54) is 6.07 Å². The lowest BCUT2D eigenvalue weighted by Crippen LogP contribution is -2.37. The molecular formula is C22H22N6O4. The summed E-state index contributed by atoms with van der Waals surface area (Å²) in [6.45, 7) is 0.354. The van der Waals surface area contributed by atoms with Crippen LogP contribution in [0.25, 0.3) is 0 Å². The first-order chi connectivity index (χ1) is 15.5. The molecule has 0 saturated heterocycles. The second kappa shape index (κ2) is 11.2. The third-order valence-electron chi connectivity index (χ3n) is 4.37. The van der Waals surface area contributed by atoms with Gasteiger partial charge in [0.1, 0.15) is 23.5 Å². The first-order valence-corrected chi connectivity index (χ1v) is 9.72. The fourth-order valence-corrected chi connectivity index (χ4v) is 2.68. The second-order valence-electron chi connectivity index (χ2n) is 6.64. The van der Waals surface area contributed by atoms with Gasteiger partial charge in [0, 0.05) is 31.5 Å². The van der Waals surface area contributed by atoms with E-state index in [1.807, 2.05) is 12.1 Å². The number of aromatic nitrogens is 3. The van der Waals surface area contributed by atoms with Gasteiger partial charge in [0.05, 0.1) is 13.7 Å². The van der Waals surface area contributed by atoms with E-state index in [4.69, 9.17) is 4.74 Å². The molecule has 1 aromatic carbocycles. The largest absolute Gasteiger partial charge is 0.497 e. The van der Waals surface area contributed by atoms with E-state index in [0.717, 1.165) is 17.5 Å². The van der Waals surface area contributed by atoms with Crippen LogP contribution in [0, 0.1) is 0 Å². The monoisotopic (exact) mass is 434 g/mol. The van der Waals surface area contributed by atoms with E-state index in [1.54, 1.807) is 43.8 Å². The Labute approximate surface area is 184 Å². The number of nitrogens with one attached hydrogen (secondary N) is 3. The summed E-state index contributed by atoms with van der Waals surface area (Å²) in [6.07, 6.45) is 4.38. The molecule has 2 heterocycles. The number of rotatable bonds is 9. The molecule has 0 unspecified atom stereocenters. The fourth-order valence-electron chi connectivity index (χ4n) is 2.68. The van der Waals surface area contributed by atoms with Gasteiger partial charge < -0.3 is 20.7 Å². The molecule has 2 aromatic heterocycles. The molecule has 0 saturated carbocycles. The highest BCUT2D eigenvalue weighted by atomic mass is 16.5. The molecule has 0 aliphatic heterocycles. The Morgan fingerprint density at radius 3 is 2.25 bits per heavy atom. The molecule has 3 amide bonds. The summed E-state index contributed by atoms with van der Waals surface area (Å²) in [5, 5.41) is 7.89. The van der Waals surface area contributed by atoms with E-state index in [9.17, 15) is 14.4 Å². The van der Waals surface area contributed by atoms with Crippen LogP contribution in [0.3, 0.4) is 0 Å². The number of methoxy groups -OCH3 is 1. The SMILES string of the molecule is COc1cccc(CNC(=O)c2cc(C(=O)NCC(=O)NCc3ccncc3)ncn2)c1. The summed E-state index contributed by atoms with van der Waals surface area (Å²) in [7, 11) is 1.57. The third kappa shape index (κ3) is 6.59. The van der Waals surface area contributed by atoms with Crippen molar-refractivity contribution < 1.29 is 19.1 Å². The topological polar surface area (TPSA) is 135 Å². The maximum Gasteiger partial charge on any atom is 0.270 e. The molecule has 0 spiro atoms. The molecule has 0 fully saturated rings. The highest BCUT2D eigenvalue weighted by Gasteiger charge is 2.14. The zero-order valence-electron chi connectivity index (χ0n) is 17.4. The smallest absolute Gasteiger partial charge is 0.270 e. The minimum atomic E-state index is -0.590. The summed E-state index contributed by atoms with van der Waals surface area (Å²) in [4.78, 5) is 48.4. The van der Waals surface area contributed by atoms with E-state index in [-0.39, 0.29) is 30.4 Å². The lowest BCUT2D eigenvalue weighted by atomic mass is 10.2. The average Bonchev–Trinajstić information content (AvgIpc) is 2.85. The van der Waals surface area contributed by atoms with Crippen LogP contribution >= 0.6 is 0 Å². The molecule has 10 nitrogen and oxygen atoms in total. The number of carbonyl (C=O) groups excluding carboxylic acids is 3. The van der Waals surface area contributed by atoms with Gasteiger partial charge in [0.2, 0.25) is 5.91 Å². The van der Waals surface area contributed by atoms with E-state index < -0.39 is 11.8 Å². The molecule has 3 N–H and O–H groups in total. The Kier molecular flexibility index (Phi) is 7.79. The van der Waals surface area contributed by atoms with Gasteiger partial charge in [0.25, 0.3) is 11.8 Å². The first kappa shape index (κ1) is 22.3. The maximum atomic E-state index is 12.4. The number of hydrogen-bond donors (Lipinski definition) is 3. The third-order valence-corrected chi connectivity index (χ3v) is 4.37. The zero-order valence-corrected chi connectivity index (χ0v) is 17.4. The lowest BCUT2D eigenvalue weighted by molar-refractivity contribution is -0.120. The van der Waals surface area contributed by atoms with Crippen LogP contribution in [0.2, 0.25) is 0 Å². The second-order valence-corrected chi connectivity index (χ2v) is 6.64. The normalized spacial score (nSPS) is 10.2. The number of carbonyl (C=O) groups is 3. The van der Waals surface area contributed by atoms with Gasteiger partial charge in [-0.3, -0.25) is 19.4 Å². The van der Waals surface area contributed by atoms with Crippen molar-refractivity contribution in [2.24, 2.45) is 0 Å². The fraction of sp³-hybridized carbons (Fsp3) is 0.182. The quantitative estimate of drug-likeness (QED) is 0.454. The Morgan fingerprint density at radius 2 is 1.53 bits per heavy atom. The minimum absolute atomic E-state index is 0.0199. The number of benzene rings is 1. The van der Waals surface area contributed by atoms with Crippen molar-refractivity contribution in [1.29, 1.82) is 0 Å². The van der Waals surface area contributed by atoms with Crippen LogP contribution in [-0.2, 0) is 17.9 Å². The highest BCUT2D eigenvalue weighted by Crippen LogP contribution is 2.12. The van der Waals surface area contributed by atoms with Gasteiger partial charge in [0.15, 0.2) is 0 Å². The standard InChI is InChI=1S/C22H22N6O4/c1-32-17-4-2-3-16(9-17)12-25-21(30)18-10-19(28-14-27-18)22(31)26-13-20(29)24-11-15-5-7-23-8-6-15/h2-10,14H,11-13H2,1H3,(H,24,29)(H,25,30)(H,26,31). The van der Waals surface area contributed by atoms with Crippen LogP contribution in [0.5, 0.6) is 5.75 Å². The van der Waals surface area contributed by atoms with Gasteiger partial charge >= 0.3 is 0 Å². The summed E-state index contributed by atoms with van der Waals surface area (Å²) >= 11 is 0. The van der Waals surface area contributed by atoms with Crippen LogP contribution < -0.4 is 20.7 Å². The Balaban J connectivity index is 1.49. The number of ether oxygens (including phenoxy) is 1. The van der Waals surface area contributed by atoms with Gasteiger partial charge in [-0.2, -0.15) is 0 Å². The van der Waals surface area contributed by atoms with Crippen molar-refractivity contribution in [3.05, 3.63) is 83.7 Å². The molecule has 32 heavy (non-hydrogen) atoms. The van der Waals surface area contributed by atoms with Gasteiger partial charge in [-0.1, -0.05) is 12.1 Å². The van der Waals surface area contributed by atoms with Crippen molar-refractivity contribution in [3.8, 4) is 5.75 Å². The van der Waals surface area contributed by atoms with Crippen molar-refractivity contribution >= 4 is 17.7 Å². The zero-order chi connectivity index (χ0) is 22.8. The number of amides is 3. The predicted molar refractivity (Wildman–Crippen MR) is 115 cm³/mol. The lowest BCUT2D eigenvalue weighted by Gasteiger charge is -2.08. The Hall–Kier alpha value is -4.34. The molecule has 0 aliphatic carbocycles. The maximum absolute atomic E-state index is 12.4. The molecule has 0 atom stereocenters. The minimum Gasteiger partial charge on any atom is -0.497 e. The molecule has 0 bridgehead atoms. The summed E-state index contributed by atoms with van der Waals surface area (Å²) in [5.74, 6) is -0.726.